The molecule has 4 heteroatoms. The van der Waals surface area contributed by atoms with E-state index in [1.807, 2.05) is 36.4 Å². The summed E-state index contributed by atoms with van der Waals surface area (Å²) in [6.07, 6.45) is 19.2. The number of aliphatic hydroxyl groups excluding tert-OH is 3. The summed E-state index contributed by atoms with van der Waals surface area (Å²) in [5.74, 6) is 0. The summed E-state index contributed by atoms with van der Waals surface area (Å²) in [5.41, 5.74) is 0.311. The smallest absolute Gasteiger partial charge is 0.127 e. The minimum absolute atomic E-state index is 0.540. The summed E-state index contributed by atoms with van der Waals surface area (Å²) in [5, 5.41) is 43.8. The van der Waals surface area contributed by atoms with Gasteiger partial charge in [-0.05, 0) is 47.9 Å². The molecule has 0 aromatic heterocycles. The van der Waals surface area contributed by atoms with E-state index in [0.29, 0.717) is 11.1 Å². The van der Waals surface area contributed by atoms with Crippen LogP contribution < -0.4 is 0 Å². The summed E-state index contributed by atoms with van der Waals surface area (Å²) in [6.45, 7) is 2.87. The third-order valence-electron chi connectivity index (χ3n) is 8.55. The first-order valence-corrected chi connectivity index (χ1v) is 15.8. The lowest BCUT2D eigenvalue weighted by Gasteiger charge is -2.46. The van der Waals surface area contributed by atoms with Crippen LogP contribution >= 0.6 is 0 Å². The second kappa shape index (κ2) is 18.6. The van der Waals surface area contributed by atoms with Crippen LogP contribution in [0.15, 0.2) is 48.5 Å². The number of rotatable bonds is 22. The molecule has 0 heterocycles. The molecule has 1 unspecified atom stereocenters. The number of hydrogen-bond donors (Lipinski definition) is 4. The van der Waals surface area contributed by atoms with E-state index in [2.05, 4.69) is 26.0 Å². The summed E-state index contributed by atoms with van der Waals surface area (Å²) >= 11 is 0. The van der Waals surface area contributed by atoms with Crippen molar-refractivity contribution in [3.05, 3.63) is 70.8 Å². The minimum atomic E-state index is -1.74. The van der Waals surface area contributed by atoms with Crippen LogP contribution in [-0.4, -0.2) is 40.2 Å². The standard InChI is InChI=1S/C35H56O4/c1-3-5-7-9-11-13-16-20-30-24-25-33(31(26-30)21-17-14-12-10-8-6-4-2)35(39,32-22-18-15-19-23-32)34(27-36,28-37)29-38/h15,18-19,22-26,36-39H,3-14,16-17,20-21,27-29H2,1-2H3. The quantitative estimate of drug-likeness (QED) is 0.117. The van der Waals surface area contributed by atoms with Gasteiger partial charge < -0.3 is 20.4 Å². The number of benzene rings is 2. The summed E-state index contributed by atoms with van der Waals surface area (Å²) < 4.78 is 0. The van der Waals surface area contributed by atoms with E-state index in [1.165, 1.54) is 76.2 Å². The lowest BCUT2D eigenvalue weighted by Crippen LogP contribution is -2.54. The normalized spacial score (nSPS) is 13.5. The summed E-state index contributed by atoms with van der Waals surface area (Å²) in [6, 6.07) is 15.5. The molecule has 220 valence electrons. The van der Waals surface area contributed by atoms with Gasteiger partial charge in [-0.2, -0.15) is 0 Å². The molecule has 2 aromatic rings. The van der Waals surface area contributed by atoms with Crippen molar-refractivity contribution < 1.29 is 20.4 Å². The predicted molar refractivity (Wildman–Crippen MR) is 163 cm³/mol. The van der Waals surface area contributed by atoms with E-state index in [-0.39, 0.29) is 0 Å². The molecule has 4 N–H and O–H groups in total. The highest BCUT2D eigenvalue weighted by atomic mass is 16.3. The van der Waals surface area contributed by atoms with Crippen molar-refractivity contribution in [1.29, 1.82) is 0 Å². The predicted octanol–water partition coefficient (Wildman–Crippen LogP) is 7.47. The van der Waals surface area contributed by atoms with Gasteiger partial charge in [-0.25, -0.2) is 0 Å². The Hall–Kier alpha value is -1.72. The number of aryl methyl sites for hydroxylation is 2. The fourth-order valence-electron chi connectivity index (χ4n) is 5.84. The summed E-state index contributed by atoms with van der Waals surface area (Å²) in [7, 11) is 0. The van der Waals surface area contributed by atoms with Crippen LogP contribution in [0.1, 0.15) is 126 Å². The third-order valence-corrected chi connectivity index (χ3v) is 8.55. The Bertz CT molecular complexity index is 885. The zero-order chi connectivity index (χ0) is 28.4. The SMILES string of the molecule is CCCCCCCCCc1ccc(C(O)(c2ccccc2)C(CO)(CO)CO)c(CCCCCCCCC)c1. The fraction of sp³-hybridized carbons (Fsp3) is 0.657. The first kappa shape index (κ1) is 33.5. The molecule has 2 aromatic carbocycles. The largest absolute Gasteiger partial charge is 0.395 e. The molecule has 0 saturated carbocycles. The van der Waals surface area contributed by atoms with Gasteiger partial charge in [0.15, 0.2) is 0 Å². The van der Waals surface area contributed by atoms with Crippen molar-refractivity contribution in [1.82, 2.24) is 0 Å². The van der Waals surface area contributed by atoms with Crippen LogP contribution in [0.2, 0.25) is 0 Å². The molecule has 0 bridgehead atoms. The van der Waals surface area contributed by atoms with Gasteiger partial charge in [0.1, 0.15) is 5.60 Å². The van der Waals surface area contributed by atoms with E-state index >= 15 is 0 Å². The van der Waals surface area contributed by atoms with Crippen LogP contribution in [0.5, 0.6) is 0 Å². The molecule has 0 aliphatic carbocycles. The Morgan fingerprint density at radius 3 is 1.56 bits per heavy atom. The Balaban J connectivity index is 2.34. The Kier molecular flexibility index (Phi) is 16.0. The van der Waals surface area contributed by atoms with Gasteiger partial charge in [0.2, 0.25) is 0 Å². The number of hydrogen-bond acceptors (Lipinski definition) is 4. The fourth-order valence-corrected chi connectivity index (χ4v) is 5.84. The van der Waals surface area contributed by atoms with Gasteiger partial charge in [-0.3, -0.25) is 0 Å². The molecule has 0 radical (unpaired) electrons. The van der Waals surface area contributed by atoms with Crippen LogP contribution in [0.3, 0.4) is 0 Å². The molecule has 0 amide bonds. The zero-order valence-corrected chi connectivity index (χ0v) is 24.8. The lowest BCUT2D eigenvalue weighted by molar-refractivity contribution is -0.136. The van der Waals surface area contributed by atoms with Gasteiger partial charge in [0.25, 0.3) is 0 Å². The van der Waals surface area contributed by atoms with Gasteiger partial charge in [-0.1, -0.05) is 139 Å². The van der Waals surface area contributed by atoms with Crippen LogP contribution in [0, 0.1) is 5.41 Å². The van der Waals surface area contributed by atoms with Crippen molar-refractivity contribution in [2.75, 3.05) is 19.8 Å². The minimum Gasteiger partial charge on any atom is -0.395 e. The third kappa shape index (κ3) is 9.42. The second-order valence-corrected chi connectivity index (χ2v) is 11.6. The van der Waals surface area contributed by atoms with Crippen molar-refractivity contribution >= 4 is 0 Å². The Labute approximate surface area is 238 Å². The second-order valence-electron chi connectivity index (χ2n) is 11.6. The molecule has 0 saturated heterocycles. The topological polar surface area (TPSA) is 80.9 Å². The molecule has 39 heavy (non-hydrogen) atoms. The van der Waals surface area contributed by atoms with E-state index < -0.39 is 30.8 Å². The van der Waals surface area contributed by atoms with E-state index in [9.17, 15) is 20.4 Å². The van der Waals surface area contributed by atoms with Crippen molar-refractivity contribution in [2.45, 2.75) is 122 Å². The van der Waals surface area contributed by atoms with Crippen LogP contribution in [-0.2, 0) is 18.4 Å². The molecule has 2 rings (SSSR count). The molecule has 0 fully saturated rings. The van der Waals surface area contributed by atoms with Crippen molar-refractivity contribution in [3.8, 4) is 0 Å². The maximum Gasteiger partial charge on any atom is 0.127 e. The zero-order valence-electron chi connectivity index (χ0n) is 24.8. The summed E-state index contributed by atoms with van der Waals surface area (Å²) in [4.78, 5) is 0. The highest BCUT2D eigenvalue weighted by Gasteiger charge is 2.52. The van der Waals surface area contributed by atoms with E-state index in [1.54, 1.807) is 0 Å². The molecular formula is C35H56O4. The molecular weight excluding hydrogens is 484 g/mol. The Morgan fingerprint density at radius 2 is 1.05 bits per heavy atom. The van der Waals surface area contributed by atoms with Crippen LogP contribution in [0.25, 0.3) is 0 Å². The molecule has 1 atom stereocenters. The number of aliphatic hydroxyl groups is 4. The first-order valence-electron chi connectivity index (χ1n) is 15.8. The first-order chi connectivity index (χ1) is 19.0. The highest BCUT2D eigenvalue weighted by Crippen LogP contribution is 2.46. The van der Waals surface area contributed by atoms with Crippen molar-refractivity contribution in [2.24, 2.45) is 5.41 Å². The molecule has 0 aliphatic rings. The maximum absolute atomic E-state index is 12.5. The molecule has 4 nitrogen and oxygen atoms in total. The molecule has 0 aliphatic heterocycles. The van der Waals surface area contributed by atoms with Crippen molar-refractivity contribution in [3.63, 3.8) is 0 Å². The molecule has 0 spiro atoms. The average Bonchev–Trinajstić information content (AvgIpc) is 2.97. The van der Waals surface area contributed by atoms with E-state index in [0.717, 1.165) is 37.7 Å². The van der Waals surface area contributed by atoms with Gasteiger partial charge in [0.05, 0.1) is 25.2 Å². The van der Waals surface area contributed by atoms with Gasteiger partial charge >= 0.3 is 0 Å². The Morgan fingerprint density at radius 1 is 0.564 bits per heavy atom. The monoisotopic (exact) mass is 540 g/mol. The van der Waals surface area contributed by atoms with Gasteiger partial charge in [0, 0.05) is 0 Å². The maximum atomic E-state index is 12.5. The average molecular weight is 541 g/mol. The van der Waals surface area contributed by atoms with E-state index in [4.69, 9.17) is 0 Å². The number of unbranched alkanes of at least 4 members (excludes halogenated alkanes) is 12. The van der Waals surface area contributed by atoms with Crippen LogP contribution in [0.4, 0.5) is 0 Å². The highest BCUT2D eigenvalue weighted by molar-refractivity contribution is 5.45. The lowest BCUT2D eigenvalue weighted by atomic mass is 9.64. The van der Waals surface area contributed by atoms with Gasteiger partial charge in [-0.15, -0.1) is 0 Å².